The molecular formula is C10H12IN3. The highest BCUT2D eigenvalue weighted by atomic mass is 127. The van der Waals surface area contributed by atoms with Crippen LogP contribution in [0, 0.1) is 3.57 Å². The lowest BCUT2D eigenvalue weighted by atomic mass is 10.3. The van der Waals surface area contributed by atoms with Crippen LogP contribution >= 0.6 is 22.6 Å². The SMILES string of the molecule is Ic1cc/c(=N/N=C2CCCC2)[nH]c1. The average molecular weight is 301 g/mol. The number of rotatable bonds is 1. The Balaban J connectivity index is 2.17. The van der Waals surface area contributed by atoms with Gasteiger partial charge in [-0.2, -0.15) is 5.10 Å². The summed E-state index contributed by atoms with van der Waals surface area (Å²) in [6.45, 7) is 0. The fourth-order valence-electron chi connectivity index (χ4n) is 1.47. The Morgan fingerprint density at radius 2 is 1.93 bits per heavy atom. The maximum atomic E-state index is 4.23. The molecule has 1 aromatic rings. The van der Waals surface area contributed by atoms with E-state index in [0.717, 1.165) is 18.3 Å². The number of pyridine rings is 1. The fourth-order valence-corrected chi connectivity index (χ4v) is 1.80. The topological polar surface area (TPSA) is 40.5 Å². The predicted octanol–water partition coefficient (Wildman–Crippen LogP) is 2.45. The summed E-state index contributed by atoms with van der Waals surface area (Å²) in [6, 6.07) is 3.96. The zero-order chi connectivity index (χ0) is 9.80. The minimum absolute atomic E-state index is 0.824. The highest BCUT2D eigenvalue weighted by Crippen LogP contribution is 2.14. The molecule has 0 saturated heterocycles. The molecule has 0 aliphatic heterocycles. The Hall–Kier alpha value is -0.650. The van der Waals surface area contributed by atoms with Gasteiger partial charge in [0.2, 0.25) is 0 Å². The van der Waals surface area contributed by atoms with Gasteiger partial charge in [-0.15, -0.1) is 5.10 Å². The van der Waals surface area contributed by atoms with Crippen molar-refractivity contribution in [1.29, 1.82) is 0 Å². The number of hydrogen-bond donors (Lipinski definition) is 1. The molecule has 4 heteroatoms. The molecule has 14 heavy (non-hydrogen) atoms. The first-order chi connectivity index (χ1) is 6.84. The molecule has 0 atom stereocenters. The average Bonchev–Trinajstić information content (AvgIpc) is 2.70. The summed E-state index contributed by atoms with van der Waals surface area (Å²) in [5.74, 6) is 0. The summed E-state index contributed by atoms with van der Waals surface area (Å²) in [5, 5.41) is 8.39. The minimum Gasteiger partial charge on any atom is -0.344 e. The number of H-pyrrole nitrogens is 1. The Labute approximate surface area is 96.5 Å². The van der Waals surface area contributed by atoms with Gasteiger partial charge in [-0.05, 0) is 60.4 Å². The summed E-state index contributed by atoms with van der Waals surface area (Å²) >= 11 is 2.25. The van der Waals surface area contributed by atoms with E-state index in [1.165, 1.54) is 22.1 Å². The van der Waals surface area contributed by atoms with E-state index in [1.54, 1.807) is 0 Å². The molecule has 1 aliphatic carbocycles. The lowest BCUT2D eigenvalue weighted by Gasteiger charge is -1.90. The smallest absolute Gasteiger partial charge is 0.152 e. The quantitative estimate of drug-likeness (QED) is 0.611. The van der Waals surface area contributed by atoms with Crippen LogP contribution in [-0.2, 0) is 0 Å². The van der Waals surface area contributed by atoms with E-state index < -0.39 is 0 Å². The Kier molecular flexibility index (Phi) is 3.34. The fraction of sp³-hybridized carbons (Fsp3) is 0.400. The van der Waals surface area contributed by atoms with Gasteiger partial charge in [0.15, 0.2) is 5.49 Å². The Bertz CT molecular complexity index is 378. The van der Waals surface area contributed by atoms with Crippen molar-refractivity contribution >= 4 is 28.3 Å². The normalized spacial score (nSPS) is 17.5. The molecule has 1 aliphatic rings. The Morgan fingerprint density at radius 3 is 2.57 bits per heavy atom. The van der Waals surface area contributed by atoms with Crippen LogP contribution in [0.1, 0.15) is 25.7 Å². The highest BCUT2D eigenvalue weighted by Gasteiger charge is 2.06. The Morgan fingerprint density at radius 1 is 1.14 bits per heavy atom. The van der Waals surface area contributed by atoms with E-state index in [4.69, 9.17) is 0 Å². The zero-order valence-electron chi connectivity index (χ0n) is 7.83. The van der Waals surface area contributed by atoms with Crippen molar-refractivity contribution in [2.24, 2.45) is 10.2 Å². The van der Waals surface area contributed by atoms with Crippen LogP contribution in [0.2, 0.25) is 0 Å². The molecule has 74 valence electrons. The molecule has 1 fully saturated rings. The molecular weight excluding hydrogens is 289 g/mol. The van der Waals surface area contributed by atoms with Crippen molar-refractivity contribution in [3.8, 4) is 0 Å². The maximum Gasteiger partial charge on any atom is 0.152 e. The standard InChI is InChI=1S/C10H12IN3/c11-8-5-6-10(12-7-8)14-13-9-3-1-2-4-9/h5-7H,1-4H2,(H,12,14). The largest absolute Gasteiger partial charge is 0.344 e. The van der Waals surface area contributed by atoms with Crippen LogP contribution in [0.25, 0.3) is 0 Å². The lowest BCUT2D eigenvalue weighted by Crippen LogP contribution is -2.05. The number of aromatic nitrogens is 1. The number of nitrogens with one attached hydrogen (secondary N) is 1. The van der Waals surface area contributed by atoms with E-state index in [1.807, 2.05) is 18.3 Å². The summed E-state index contributed by atoms with van der Waals surface area (Å²) in [7, 11) is 0. The third-order valence-corrected chi connectivity index (χ3v) is 2.91. The van der Waals surface area contributed by atoms with Crippen molar-refractivity contribution in [2.75, 3.05) is 0 Å². The minimum atomic E-state index is 0.824. The molecule has 1 aromatic heterocycles. The van der Waals surface area contributed by atoms with Crippen LogP contribution < -0.4 is 5.49 Å². The molecule has 0 spiro atoms. The summed E-state index contributed by atoms with van der Waals surface area (Å²) in [6.07, 6.45) is 6.70. The number of halogens is 1. The molecule has 3 nitrogen and oxygen atoms in total. The van der Waals surface area contributed by atoms with Gasteiger partial charge in [0.05, 0.1) is 0 Å². The van der Waals surface area contributed by atoms with Crippen molar-refractivity contribution < 1.29 is 0 Å². The van der Waals surface area contributed by atoms with Crippen LogP contribution in [0.3, 0.4) is 0 Å². The first-order valence-corrected chi connectivity index (χ1v) is 5.86. The molecule has 1 heterocycles. The molecule has 0 unspecified atom stereocenters. The molecule has 0 aromatic carbocycles. The van der Waals surface area contributed by atoms with Crippen molar-refractivity contribution in [2.45, 2.75) is 25.7 Å². The maximum absolute atomic E-state index is 4.23. The van der Waals surface area contributed by atoms with E-state index in [2.05, 4.69) is 37.8 Å². The van der Waals surface area contributed by atoms with Crippen LogP contribution in [-0.4, -0.2) is 10.7 Å². The second-order valence-corrected chi connectivity index (χ2v) is 4.61. The van der Waals surface area contributed by atoms with Crippen molar-refractivity contribution in [3.63, 3.8) is 0 Å². The van der Waals surface area contributed by atoms with Crippen LogP contribution in [0.15, 0.2) is 28.5 Å². The van der Waals surface area contributed by atoms with Crippen LogP contribution in [0.4, 0.5) is 0 Å². The first-order valence-electron chi connectivity index (χ1n) is 4.78. The van der Waals surface area contributed by atoms with Gasteiger partial charge >= 0.3 is 0 Å². The third-order valence-electron chi connectivity index (χ3n) is 2.24. The third kappa shape index (κ3) is 2.67. The number of hydrogen-bond acceptors (Lipinski definition) is 2. The molecule has 0 radical (unpaired) electrons. The van der Waals surface area contributed by atoms with E-state index in [9.17, 15) is 0 Å². The summed E-state index contributed by atoms with van der Waals surface area (Å²) in [5.41, 5.74) is 2.06. The second-order valence-electron chi connectivity index (χ2n) is 3.37. The molecule has 0 bridgehead atoms. The lowest BCUT2D eigenvalue weighted by molar-refractivity contribution is 0.886. The highest BCUT2D eigenvalue weighted by molar-refractivity contribution is 14.1. The monoisotopic (exact) mass is 301 g/mol. The van der Waals surface area contributed by atoms with Gasteiger partial charge < -0.3 is 4.98 Å². The van der Waals surface area contributed by atoms with Gasteiger partial charge in [0, 0.05) is 15.5 Å². The van der Waals surface area contributed by atoms with Gasteiger partial charge in [0.25, 0.3) is 0 Å². The second kappa shape index (κ2) is 4.72. The number of aromatic amines is 1. The van der Waals surface area contributed by atoms with E-state index in [-0.39, 0.29) is 0 Å². The van der Waals surface area contributed by atoms with Crippen LogP contribution in [0.5, 0.6) is 0 Å². The van der Waals surface area contributed by atoms with E-state index in [0.29, 0.717) is 0 Å². The molecule has 1 saturated carbocycles. The van der Waals surface area contributed by atoms with Crippen molar-refractivity contribution in [3.05, 3.63) is 27.4 Å². The predicted molar refractivity (Wildman–Crippen MR) is 65.0 cm³/mol. The van der Waals surface area contributed by atoms with Crippen molar-refractivity contribution in [1.82, 2.24) is 4.98 Å². The molecule has 1 N–H and O–H groups in total. The van der Waals surface area contributed by atoms with E-state index >= 15 is 0 Å². The first kappa shape index (κ1) is 9.89. The van der Waals surface area contributed by atoms with Gasteiger partial charge in [-0.25, -0.2) is 0 Å². The van der Waals surface area contributed by atoms with Gasteiger partial charge in [-0.1, -0.05) is 0 Å². The number of nitrogens with zero attached hydrogens (tertiary/aromatic N) is 2. The molecule has 0 amide bonds. The van der Waals surface area contributed by atoms with Gasteiger partial charge in [0.1, 0.15) is 0 Å². The zero-order valence-corrected chi connectivity index (χ0v) is 9.99. The van der Waals surface area contributed by atoms with Gasteiger partial charge in [-0.3, -0.25) is 0 Å². The molecule has 2 rings (SSSR count). The summed E-state index contributed by atoms with van der Waals surface area (Å²) in [4.78, 5) is 3.08. The summed E-state index contributed by atoms with van der Waals surface area (Å²) < 4.78 is 1.18.